The molecule has 0 atom stereocenters. The van der Waals surface area contributed by atoms with E-state index in [0.717, 1.165) is 21.6 Å². The molecule has 0 aliphatic carbocycles. The third-order valence-electron chi connectivity index (χ3n) is 3.04. The molecule has 26 heavy (non-hydrogen) atoms. The molecule has 10 heteroatoms. The quantitative estimate of drug-likeness (QED) is 0.475. The number of amides is 1. The van der Waals surface area contributed by atoms with E-state index >= 15 is 0 Å². The number of thiophene rings is 1. The number of hydrogen-bond acceptors (Lipinski definition) is 9. The van der Waals surface area contributed by atoms with Crippen molar-refractivity contribution in [1.82, 2.24) is 10.2 Å². The number of nitrogens with zero attached hydrogens (tertiary/aromatic N) is 2. The van der Waals surface area contributed by atoms with Gasteiger partial charge >= 0.3 is 5.97 Å². The van der Waals surface area contributed by atoms with E-state index in [0.29, 0.717) is 22.4 Å². The SMILES string of the molecule is CCOC(=O)c1sc(NC(=O)CSc2nnc(NCC(C)C)s2)cc1C. The standard InChI is InChI=1S/C16H22N4O3S3/c1-5-23-14(22)13-10(4)6-12(25-13)18-11(21)8-24-16-20-19-15(26-16)17-7-9(2)3/h6,9H,5,7-8H2,1-4H3,(H,17,19)(H,18,21). The highest BCUT2D eigenvalue weighted by Gasteiger charge is 2.16. The summed E-state index contributed by atoms with van der Waals surface area (Å²) in [7, 11) is 0. The molecule has 0 aliphatic rings. The minimum atomic E-state index is -0.361. The fourth-order valence-electron chi connectivity index (χ4n) is 1.87. The van der Waals surface area contributed by atoms with E-state index in [1.807, 2.05) is 6.92 Å². The van der Waals surface area contributed by atoms with E-state index in [1.54, 1.807) is 13.0 Å². The highest BCUT2D eigenvalue weighted by Crippen LogP contribution is 2.29. The Hall–Kier alpha value is -1.65. The summed E-state index contributed by atoms with van der Waals surface area (Å²) in [5, 5.41) is 15.5. The van der Waals surface area contributed by atoms with Crippen molar-refractivity contribution in [3.63, 3.8) is 0 Å². The molecular weight excluding hydrogens is 392 g/mol. The Bertz CT molecular complexity index is 758. The lowest BCUT2D eigenvalue weighted by atomic mass is 10.2. The Morgan fingerprint density at radius 2 is 2.08 bits per heavy atom. The van der Waals surface area contributed by atoms with Gasteiger partial charge in [0.2, 0.25) is 11.0 Å². The molecule has 2 N–H and O–H groups in total. The Labute approximate surface area is 164 Å². The van der Waals surface area contributed by atoms with E-state index in [-0.39, 0.29) is 17.6 Å². The van der Waals surface area contributed by atoms with Crippen LogP contribution in [0, 0.1) is 12.8 Å². The van der Waals surface area contributed by atoms with Gasteiger partial charge in [0, 0.05) is 6.54 Å². The minimum absolute atomic E-state index is 0.154. The van der Waals surface area contributed by atoms with Gasteiger partial charge in [-0.15, -0.1) is 21.5 Å². The highest BCUT2D eigenvalue weighted by atomic mass is 32.2. The number of rotatable bonds is 9. The monoisotopic (exact) mass is 414 g/mol. The molecular formula is C16H22N4O3S3. The van der Waals surface area contributed by atoms with E-state index in [1.165, 1.54) is 34.4 Å². The van der Waals surface area contributed by atoms with E-state index in [2.05, 4.69) is 34.7 Å². The first-order chi connectivity index (χ1) is 12.4. The van der Waals surface area contributed by atoms with Crippen molar-refractivity contribution in [3.8, 4) is 0 Å². The first kappa shape index (κ1) is 20.7. The molecule has 0 saturated carbocycles. The zero-order valence-corrected chi connectivity index (χ0v) is 17.6. The molecule has 0 saturated heterocycles. The average molecular weight is 415 g/mol. The van der Waals surface area contributed by atoms with E-state index in [9.17, 15) is 9.59 Å². The van der Waals surface area contributed by atoms with E-state index < -0.39 is 0 Å². The molecule has 1 amide bonds. The predicted molar refractivity (Wildman–Crippen MR) is 108 cm³/mol. The van der Waals surface area contributed by atoms with Crippen LogP contribution in [0.4, 0.5) is 10.1 Å². The topological polar surface area (TPSA) is 93.2 Å². The number of thioether (sulfide) groups is 1. The number of aryl methyl sites for hydroxylation is 1. The number of carbonyl (C=O) groups excluding carboxylic acids is 2. The van der Waals surface area contributed by atoms with Gasteiger partial charge in [0.25, 0.3) is 0 Å². The molecule has 2 aromatic heterocycles. The summed E-state index contributed by atoms with van der Waals surface area (Å²) < 4.78 is 5.74. The maximum absolute atomic E-state index is 12.1. The van der Waals surface area contributed by atoms with Gasteiger partial charge in [-0.1, -0.05) is 36.9 Å². The average Bonchev–Trinajstić information content (AvgIpc) is 3.17. The fraction of sp³-hybridized carbons (Fsp3) is 0.500. The maximum atomic E-state index is 12.1. The lowest BCUT2D eigenvalue weighted by Gasteiger charge is -2.03. The molecule has 0 spiro atoms. The highest BCUT2D eigenvalue weighted by molar-refractivity contribution is 8.01. The van der Waals surface area contributed by atoms with Gasteiger partial charge in [-0.3, -0.25) is 4.79 Å². The number of esters is 1. The van der Waals surface area contributed by atoms with Crippen molar-refractivity contribution in [2.45, 2.75) is 32.0 Å². The predicted octanol–water partition coefficient (Wildman–Crippen LogP) is 3.88. The molecule has 0 radical (unpaired) electrons. The number of aromatic nitrogens is 2. The van der Waals surface area contributed by atoms with Crippen LogP contribution in [-0.2, 0) is 9.53 Å². The summed E-state index contributed by atoms with van der Waals surface area (Å²) in [6.07, 6.45) is 0. The summed E-state index contributed by atoms with van der Waals surface area (Å²) in [5.41, 5.74) is 0.793. The first-order valence-corrected chi connectivity index (χ1v) is 10.8. The Balaban J connectivity index is 1.84. The maximum Gasteiger partial charge on any atom is 0.348 e. The molecule has 0 fully saturated rings. The normalized spacial score (nSPS) is 10.8. The Kier molecular flexibility index (Phi) is 7.85. The van der Waals surface area contributed by atoms with Crippen LogP contribution in [0.3, 0.4) is 0 Å². The molecule has 0 unspecified atom stereocenters. The summed E-state index contributed by atoms with van der Waals surface area (Å²) in [6, 6.07) is 1.78. The van der Waals surface area contributed by atoms with E-state index in [4.69, 9.17) is 4.74 Å². The smallest absolute Gasteiger partial charge is 0.348 e. The summed E-state index contributed by atoms with van der Waals surface area (Å²) >= 11 is 3.98. The van der Waals surface area contributed by atoms with Crippen LogP contribution in [0.2, 0.25) is 0 Å². The van der Waals surface area contributed by atoms with Crippen molar-refractivity contribution >= 4 is 56.4 Å². The fourth-order valence-corrected chi connectivity index (χ4v) is 4.42. The third kappa shape index (κ3) is 6.26. The van der Waals surface area contributed by atoms with Gasteiger partial charge in [0.05, 0.1) is 17.4 Å². The molecule has 7 nitrogen and oxygen atoms in total. The molecule has 142 valence electrons. The molecule has 2 heterocycles. The van der Waals surface area contributed by atoms with Crippen LogP contribution in [-0.4, -0.2) is 41.0 Å². The molecule has 2 aromatic rings. The summed E-state index contributed by atoms with van der Waals surface area (Å²) in [6.45, 7) is 8.98. The van der Waals surface area contributed by atoms with Crippen LogP contribution in [0.1, 0.15) is 36.0 Å². The van der Waals surface area contributed by atoms with Crippen LogP contribution >= 0.6 is 34.4 Å². The van der Waals surface area contributed by atoms with Crippen molar-refractivity contribution in [3.05, 3.63) is 16.5 Å². The lowest BCUT2D eigenvalue weighted by molar-refractivity contribution is -0.113. The van der Waals surface area contributed by atoms with Crippen molar-refractivity contribution in [1.29, 1.82) is 0 Å². The third-order valence-corrected chi connectivity index (χ3v) is 6.18. The Morgan fingerprint density at radius 3 is 2.77 bits per heavy atom. The number of anilines is 2. The Morgan fingerprint density at radius 1 is 1.31 bits per heavy atom. The van der Waals surface area contributed by atoms with Crippen LogP contribution in [0.25, 0.3) is 0 Å². The summed E-state index contributed by atoms with van der Waals surface area (Å²) in [4.78, 5) is 24.5. The second kappa shape index (κ2) is 9.89. The van der Waals surface area contributed by atoms with Gasteiger partial charge in [0.15, 0.2) is 4.34 Å². The van der Waals surface area contributed by atoms with Crippen LogP contribution in [0.15, 0.2) is 10.4 Å². The number of carbonyl (C=O) groups is 2. The lowest BCUT2D eigenvalue weighted by Crippen LogP contribution is -2.12. The second-order valence-electron chi connectivity index (χ2n) is 5.83. The van der Waals surface area contributed by atoms with Gasteiger partial charge in [-0.2, -0.15) is 0 Å². The van der Waals surface area contributed by atoms with Crippen LogP contribution in [0.5, 0.6) is 0 Å². The van der Waals surface area contributed by atoms with Gasteiger partial charge in [-0.25, -0.2) is 4.79 Å². The number of ether oxygens (including phenoxy) is 1. The van der Waals surface area contributed by atoms with Crippen molar-refractivity contribution in [2.24, 2.45) is 5.92 Å². The number of hydrogen-bond donors (Lipinski definition) is 2. The van der Waals surface area contributed by atoms with Crippen molar-refractivity contribution in [2.75, 3.05) is 29.5 Å². The van der Waals surface area contributed by atoms with Crippen molar-refractivity contribution < 1.29 is 14.3 Å². The molecule has 2 rings (SSSR count). The largest absolute Gasteiger partial charge is 0.462 e. The molecule has 0 bridgehead atoms. The summed E-state index contributed by atoms with van der Waals surface area (Å²) in [5.74, 6) is 0.234. The zero-order valence-electron chi connectivity index (χ0n) is 15.1. The van der Waals surface area contributed by atoms with Gasteiger partial charge < -0.3 is 15.4 Å². The molecule has 0 aromatic carbocycles. The van der Waals surface area contributed by atoms with Gasteiger partial charge in [0.1, 0.15) is 4.88 Å². The number of nitrogens with one attached hydrogen (secondary N) is 2. The second-order valence-corrected chi connectivity index (χ2v) is 9.08. The molecule has 0 aliphatic heterocycles. The van der Waals surface area contributed by atoms with Crippen LogP contribution < -0.4 is 10.6 Å². The minimum Gasteiger partial charge on any atom is -0.462 e. The van der Waals surface area contributed by atoms with Gasteiger partial charge in [-0.05, 0) is 31.4 Å². The zero-order chi connectivity index (χ0) is 19.1. The first-order valence-electron chi connectivity index (χ1n) is 8.16.